The van der Waals surface area contributed by atoms with E-state index in [1.54, 1.807) is 0 Å². The van der Waals surface area contributed by atoms with E-state index in [4.69, 9.17) is 21.4 Å². The summed E-state index contributed by atoms with van der Waals surface area (Å²) in [7, 11) is 0. The number of nitrogens with one attached hydrogen (secondary N) is 1. The summed E-state index contributed by atoms with van der Waals surface area (Å²) in [5.74, 6) is 1.76. The molecule has 138 valence electrons. The Morgan fingerprint density at radius 2 is 2.00 bits per heavy atom. The minimum Gasteiger partial charge on any atom is -0.398 e. The number of nitrogens with two attached hydrogens (primary N) is 2. The monoisotopic (exact) mass is 352 g/mol. The van der Waals surface area contributed by atoms with Gasteiger partial charge in [-0.3, -0.25) is 0 Å². The van der Waals surface area contributed by atoms with Crippen LogP contribution in [0.15, 0.2) is 18.2 Å². The first-order valence-corrected chi connectivity index (χ1v) is 9.69. The Labute approximate surface area is 155 Å². The molecule has 1 saturated heterocycles. The van der Waals surface area contributed by atoms with E-state index >= 15 is 0 Å². The third kappa shape index (κ3) is 3.09. The molecule has 1 unspecified atom stereocenters. The maximum Gasteiger partial charge on any atom is 0.165 e. The third-order valence-corrected chi connectivity index (χ3v) is 5.43. The summed E-state index contributed by atoms with van der Waals surface area (Å²) in [6, 6.07) is 6.13. The topological polar surface area (TPSA) is 93.1 Å². The molecule has 26 heavy (non-hydrogen) atoms. The molecule has 2 aliphatic rings. The summed E-state index contributed by atoms with van der Waals surface area (Å²) in [5, 5.41) is 3.64. The van der Waals surface area contributed by atoms with Gasteiger partial charge in [0.05, 0.1) is 5.56 Å². The number of nitrogen functional groups attached to an aromatic ring is 2. The largest absolute Gasteiger partial charge is 0.398 e. The average Bonchev–Trinajstić information content (AvgIpc) is 3.28. The van der Waals surface area contributed by atoms with Crippen LogP contribution < -0.4 is 21.7 Å². The Hall–Kier alpha value is -2.34. The van der Waals surface area contributed by atoms with Gasteiger partial charge in [-0.15, -0.1) is 0 Å². The molecule has 1 aromatic heterocycles. The van der Waals surface area contributed by atoms with Crippen LogP contribution in [0.5, 0.6) is 0 Å². The SMILES string of the molecule is CCCNC1CCN(c2nc(-c3c(N)cccc3N)nc3c2CCC3)C1. The van der Waals surface area contributed by atoms with Gasteiger partial charge in [-0.1, -0.05) is 13.0 Å². The quantitative estimate of drug-likeness (QED) is 0.716. The predicted molar refractivity (Wildman–Crippen MR) is 107 cm³/mol. The standard InChI is InChI=1S/C20H28N6/c1-2-10-23-13-9-11-26(12-13)20-14-5-3-8-17(14)24-19(25-20)18-15(21)6-4-7-16(18)22/h4,6-7,13,23H,2-3,5,8-12,21-22H2,1H3. The van der Waals surface area contributed by atoms with Crippen LogP contribution in [-0.4, -0.2) is 35.6 Å². The summed E-state index contributed by atoms with van der Waals surface area (Å²) in [6.07, 6.45) is 5.54. The summed E-state index contributed by atoms with van der Waals surface area (Å²) >= 11 is 0. The van der Waals surface area contributed by atoms with Gasteiger partial charge in [-0.05, 0) is 50.8 Å². The molecule has 6 heteroatoms. The van der Waals surface area contributed by atoms with E-state index in [2.05, 4.69) is 17.1 Å². The normalized spacial score (nSPS) is 19.1. The summed E-state index contributed by atoms with van der Waals surface area (Å²) in [5.41, 5.74) is 16.9. The van der Waals surface area contributed by atoms with Crippen molar-refractivity contribution < 1.29 is 0 Å². The molecule has 5 N–H and O–H groups in total. The molecule has 0 spiro atoms. The number of nitrogens with zero attached hydrogens (tertiary/aromatic N) is 3. The van der Waals surface area contributed by atoms with E-state index in [-0.39, 0.29) is 0 Å². The molecule has 6 nitrogen and oxygen atoms in total. The summed E-state index contributed by atoms with van der Waals surface area (Å²) < 4.78 is 0. The lowest BCUT2D eigenvalue weighted by molar-refractivity contribution is 0.549. The maximum absolute atomic E-state index is 6.20. The van der Waals surface area contributed by atoms with Crippen LogP contribution in [0.4, 0.5) is 17.2 Å². The number of hydrogen-bond acceptors (Lipinski definition) is 6. The molecule has 1 fully saturated rings. The zero-order valence-electron chi connectivity index (χ0n) is 15.5. The summed E-state index contributed by atoms with van der Waals surface area (Å²) in [6.45, 7) is 5.31. The van der Waals surface area contributed by atoms with Gasteiger partial charge >= 0.3 is 0 Å². The number of rotatable bonds is 5. The zero-order valence-corrected chi connectivity index (χ0v) is 15.5. The number of fused-ring (bicyclic) bond motifs is 1. The van der Waals surface area contributed by atoms with E-state index in [1.807, 2.05) is 18.2 Å². The van der Waals surface area contributed by atoms with Gasteiger partial charge < -0.3 is 21.7 Å². The van der Waals surface area contributed by atoms with Crippen molar-refractivity contribution in [2.24, 2.45) is 0 Å². The average molecular weight is 352 g/mol. The highest BCUT2D eigenvalue weighted by molar-refractivity contribution is 5.83. The van der Waals surface area contributed by atoms with E-state index in [0.717, 1.165) is 68.8 Å². The molecule has 1 aliphatic heterocycles. The highest BCUT2D eigenvalue weighted by Crippen LogP contribution is 2.36. The number of benzene rings is 1. The molecule has 2 heterocycles. The Balaban J connectivity index is 1.71. The second-order valence-corrected chi connectivity index (χ2v) is 7.35. The van der Waals surface area contributed by atoms with E-state index in [1.165, 1.54) is 5.56 Å². The van der Waals surface area contributed by atoms with Gasteiger partial charge in [-0.2, -0.15) is 0 Å². The number of aromatic nitrogens is 2. The van der Waals surface area contributed by atoms with Crippen LogP contribution in [-0.2, 0) is 12.8 Å². The molecule has 0 bridgehead atoms. The molecule has 0 radical (unpaired) electrons. The highest BCUT2D eigenvalue weighted by atomic mass is 15.2. The first kappa shape index (κ1) is 17.1. The summed E-state index contributed by atoms with van der Waals surface area (Å²) in [4.78, 5) is 12.2. The van der Waals surface area contributed by atoms with E-state index in [9.17, 15) is 0 Å². The fraction of sp³-hybridized carbons (Fsp3) is 0.500. The second kappa shape index (κ2) is 7.11. The molecule has 1 aliphatic carbocycles. The van der Waals surface area contributed by atoms with Crippen molar-refractivity contribution in [3.63, 3.8) is 0 Å². The van der Waals surface area contributed by atoms with E-state index in [0.29, 0.717) is 23.2 Å². The van der Waals surface area contributed by atoms with Crippen LogP contribution >= 0.6 is 0 Å². The Morgan fingerprint density at radius 3 is 2.77 bits per heavy atom. The first-order chi connectivity index (χ1) is 12.7. The lowest BCUT2D eigenvalue weighted by Gasteiger charge is -2.22. The number of hydrogen-bond donors (Lipinski definition) is 3. The van der Waals surface area contributed by atoms with Crippen LogP contribution in [0.25, 0.3) is 11.4 Å². The van der Waals surface area contributed by atoms with Crippen molar-refractivity contribution in [2.45, 2.75) is 45.1 Å². The minimum absolute atomic E-state index is 0.539. The Kier molecular flexibility index (Phi) is 4.68. The van der Waals surface area contributed by atoms with Crippen LogP contribution in [0.2, 0.25) is 0 Å². The molecule has 0 amide bonds. The lowest BCUT2D eigenvalue weighted by atomic mass is 10.1. The van der Waals surface area contributed by atoms with Gasteiger partial charge in [0.25, 0.3) is 0 Å². The van der Waals surface area contributed by atoms with Crippen molar-refractivity contribution in [3.8, 4) is 11.4 Å². The Bertz CT molecular complexity index is 783. The van der Waals surface area contributed by atoms with Crippen LogP contribution in [0, 0.1) is 0 Å². The zero-order chi connectivity index (χ0) is 18.1. The molecule has 2 aromatic rings. The van der Waals surface area contributed by atoms with Crippen molar-refractivity contribution in [1.29, 1.82) is 0 Å². The van der Waals surface area contributed by atoms with Crippen LogP contribution in [0.3, 0.4) is 0 Å². The predicted octanol–water partition coefficient (Wildman–Crippen LogP) is 2.38. The van der Waals surface area contributed by atoms with Gasteiger partial charge in [-0.25, -0.2) is 9.97 Å². The minimum atomic E-state index is 0.539. The van der Waals surface area contributed by atoms with Crippen LogP contribution in [0.1, 0.15) is 37.4 Å². The highest BCUT2D eigenvalue weighted by Gasteiger charge is 2.29. The van der Waals surface area contributed by atoms with Gasteiger partial charge in [0.15, 0.2) is 5.82 Å². The third-order valence-electron chi connectivity index (χ3n) is 5.43. The number of anilines is 3. The molecular weight excluding hydrogens is 324 g/mol. The lowest BCUT2D eigenvalue weighted by Crippen LogP contribution is -2.33. The van der Waals surface area contributed by atoms with E-state index < -0.39 is 0 Å². The fourth-order valence-corrected chi connectivity index (χ4v) is 4.10. The smallest absolute Gasteiger partial charge is 0.165 e. The van der Waals surface area contributed by atoms with Gasteiger partial charge in [0.1, 0.15) is 5.82 Å². The second-order valence-electron chi connectivity index (χ2n) is 7.35. The molecular formula is C20H28N6. The van der Waals surface area contributed by atoms with Crippen molar-refractivity contribution >= 4 is 17.2 Å². The molecule has 1 aromatic carbocycles. The first-order valence-electron chi connectivity index (χ1n) is 9.69. The van der Waals surface area contributed by atoms with Gasteiger partial charge in [0, 0.05) is 41.8 Å². The maximum atomic E-state index is 6.20. The van der Waals surface area contributed by atoms with Crippen molar-refractivity contribution in [2.75, 3.05) is 36.0 Å². The number of aryl methyl sites for hydroxylation is 1. The fourth-order valence-electron chi connectivity index (χ4n) is 4.10. The molecule has 1 atom stereocenters. The van der Waals surface area contributed by atoms with Crippen molar-refractivity contribution in [1.82, 2.24) is 15.3 Å². The molecule has 0 saturated carbocycles. The molecule has 4 rings (SSSR count). The van der Waals surface area contributed by atoms with Crippen molar-refractivity contribution in [3.05, 3.63) is 29.5 Å². The van der Waals surface area contributed by atoms with Gasteiger partial charge in [0.2, 0.25) is 0 Å². The Morgan fingerprint density at radius 1 is 1.19 bits per heavy atom.